The lowest BCUT2D eigenvalue weighted by Gasteiger charge is -2.11. The van der Waals surface area contributed by atoms with Crippen LogP contribution in [0.1, 0.15) is 42.4 Å². The molecule has 0 saturated carbocycles. The molecular weight excluding hydrogens is 411 g/mol. The molecule has 0 atom stereocenters. The molecular formula is C24H32N2O4P+. The Morgan fingerprint density at radius 3 is 2.32 bits per heavy atom. The Balaban J connectivity index is 1.46. The maximum Gasteiger partial charge on any atom is 0.567 e. The number of nitrogens with zero attached hydrogens (tertiary/aromatic N) is 1. The number of benzene rings is 2. The van der Waals surface area contributed by atoms with Gasteiger partial charge in [0.1, 0.15) is 6.61 Å². The summed E-state index contributed by atoms with van der Waals surface area (Å²) in [6.07, 6.45) is 8.87. The van der Waals surface area contributed by atoms with Crippen molar-refractivity contribution in [2.45, 2.75) is 45.1 Å². The van der Waals surface area contributed by atoms with Crippen LogP contribution in [0.25, 0.3) is 10.9 Å². The molecule has 0 saturated heterocycles. The van der Waals surface area contributed by atoms with Gasteiger partial charge in [-0.15, -0.1) is 0 Å². The number of unbranched alkanes of at least 4 members (excludes halogenated alkanes) is 3. The maximum atomic E-state index is 8.84. The highest BCUT2D eigenvalue weighted by Gasteiger charge is 2.32. The second-order valence-corrected chi connectivity index (χ2v) is 8.99. The SMILES string of the molecule is O[P+](O)(O)OCCNCc1ccc(CCCCCCc2ccccc2)c2cccnc12. The Labute approximate surface area is 184 Å². The van der Waals surface area contributed by atoms with Crippen molar-refractivity contribution in [2.75, 3.05) is 13.2 Å². The molecule has 0 unspecified atom stereocenters. The van der Waals surface area contributed by atoms with E-state index in [1.54, 1.807) is 0 Å². The zero-order valence-electron chi connectivity index (χ0n) is 17.8. The highest BCUT2D eigenvalue weighted by atomic mass is 31.2. The Bertz CT molecular complexity index is 932. The summed E-state index contributed by atoms with van der Waals surface area (Å²) in [5.74, 6) is 0. The van der Waals surface area contributed by atoms with Gasteiger partial charge in [-0.05, 0) is 48.4 Å². The van der Waals surface area contributed by atoms with Crippen LogP contribution in [0.2, 0.25) is 0 Å². The first-order valence-electron chi connectivity index (χ1n) is 10.8. The first-order chi connectivity index (χ1) is 15.0. The van der Waals surface area contributed by atoms with Crippen LogP contribution in [-0.4, -0.2) is 32.8 Å². The van der Waals surface area contributed by atoms with E-state index in [4.69, 9.17) is 14.7 Å². The second kappa shape index (κ2) is 12.2. The summed E-state index contributed by atoms with van der Waals surface area (Å²) in [4.78, 5) is 31.1. The van der Waals surface area contributed by atoms with Gasteiger partial charge in [0, 0.05) is 24.7 Å². The topological polar surface area (TPSA) is 94.8 Å². The average Bonchev–Trinajstić information content (AvgIpc) is 2.76. The lowest BCUT2D eigenvalue weighted by atomic mass is 9.98. The lowest BCUT2D eigenvalue weighted by molar-refractivity contribution is 0.161. The zero-order chi connectivity index (χ0) is 21.9. The summed E-state index contributed by atoms with van der Waals surface area (Å²) in [6.45, 7) is 0.998. The van der Waals surface area contributed by atoms with E-state index in [1.807, 2.05) is 12.3 Å². The molecule has 0 fully saturated rings. The molecule has 166 valence electrons. The van der Waals surface area contributed by atoms with Gasteiger partial charge in [0.2, 0.25) is 0 Å². The second-order valence-electron chi connectivity index (χ2n) is 7.71. The molecule has 3 rings (SSSR count). The van der Waals surface area contributed by atoms with E-state index < -0.39 is 8.17 Å². The summed E-state index contributed by atoms with van der Waals surface area (Å²) < 4.78 is 4.57. The predicted octanol–water partition coefficient (Wildman–Crippen LogP) is 4.34. The largest absolute Gasteiger partial charge is 0.567 e. The monoisotopic (exact) mass is 443 g/mol. The molecule has 0 bridgehead atoms. The fraction of sp³-hybridized carbons (Fsp3) is 0.375. The third kappa shape index (κ3) is 8.26. The number of hydrogen-bond acceptors (Lipinski definition) is 6. The molecule has 4 N–H and O–H groups in total. The molecule has 7 heteroatoms. The molecule has 3 aromatic rings. The van der Waals surface area contributed by atoms with Crippen LogP contribution in [0.3, 0.4) is 0 Å². The number of hydrogen-bond donors (Lipinski definition) is 4. The predicted molar refractivity (Wildman–Crippen MR) is 125 cm³/mol. The minimum atomic E-state index is -4.16. The van der Waals surface area contributed by atoms with E-state index in [9.17, 15) is 0 Å². The third-order valence-electron chi connectivity index (χ3n) is 5.31. The van der Waals surface area contributed by atoms with Gasteiger partial charge in [-0.2, -0.15) is 19.2 Å². The van der Waals surface area contributed by atoms with Gasteiger partial charge < -0.3 is 5.32 Å². The van der Waals surface area contributed by atoms with Gasteiger partial charge in [0.25, 0.3) is 0 Å². The summed E-state index contributed by atoms with van der Waals surface area (Å²) >= 11 is 0. The molecule has 6 nitrogen and oxygen atoms in total. The van der Waals surface area contributed by atoms with Crippen molar-refractivity contribution in [3.63, 3.8) is 0 Å². The van der Waals surface area contributed by atoms with Crippen molar-refractivity contribution in [3.8, 4) is 0 Å². The van der Waals surface area contributed by atoms with E-state index in [-0.39, 0.29) is 6.61 Å². The van der Waals surface area contributed by atoms with Crippen molar-refractivity contribution in [1.29, 1.82) is 0 Å². The fourth-order valence-electron chi connectivity index (χ4n) is 3.76. The smallest absolute Gasteiger partial charge is 0.310 e. The Morgan fingerprint density at radius 1 is 0.806 bits per heavy atom. The molecule has 0 spiro atoms. The maximum absolute atomic E-state index is 8.84. The van der Waals surface area contributed by atoms with Gasteiger partial charge in [-0.1, -0.05) is 61.4 Å². The minimum Gasteiger partial charge on any atom is -0.310 e. The van der Waals surface area contributed by atoms with E-state index in [0.717, 1.165) is 23.9 Å². The van der Waals surface area contributed by atoms with Crippen LogP contribution in [0.15, 0.2) is 60.8 Å². The van der Waals surface area contributed by atoms with Crippen molar-refractivity contribution in [3.05, 3.63) is 77.5 Å². The highest BCUT2D eigenvalue weighted by Crippen LogP contribution is 2.45. The summed E-state index contributed by atoms with van der Waals surface area (Å²) in [5, 5.41) is 4.37. The van der Waals surface area contributed by atoms with Crippen LogP contribution in [0.4, 0.5) is 0 Å². The molecule has 1 heterocycles. The summed E-state index contributed by atoms with van der Waals surface area (Å²) in [5.41, 5.74) is 4.82. The third-order valence-corrected chi connectivity index (χ3v) is 5.84. The standard InChI is InChI=1S/C24H32N2O4P/c27-31(28,29)30-18-17-25-19-22-15-14-21(23-13-8-16-26-24(22)23)12-7-2-1-4-9-20-10-5-3-6-11-20/h3,5-6,8,10-11,13-16,25,27-29H,1-2,4,7,9,12,17-19H2/q+1. The minimum absolute atomic E-state index is 0.0188. The normalized spacial score (nSPS) is 11.8. The molecule has 0 radical (unpaired) electrons. The van der Waals surface area contributed by atoms with Crippen LogP contribution in [-0.2, 0) is 23.9 Å². The van der Waals surface area contributed by atoms with Gasteiger partial charge in [0.15, 0.2) is 0 Å². The first-order valence-corrected chi connectivity index (χ1v) is 12.4. The number of aryl methyl sites for hydroxylation is 2. The Morgan fingerprint density at radius 2 is 1.55 bits per heavy atom. The number of fused-ring (bicyclic) bond motifs is 1. The molecule has 31 heavy (non-hydrogen) atoms. The number of rotatable bonds is 13. The van der Waals surface area contributed by atoms with Gasteiger partial charge in [-0.25, -0.2) is 0 Å². The Hall–Kier alpha value is -1.92. The van der Waals surface area contributed by atoms with E-state index in [2.05, 4.69) is 63.4 Å². The van der Waals surface area contributed by atoms with E-state index >= 15 is 0 Å². The lowest BCUT2D eigenvalue weighted by Crippen LogP contribution is -2.19. The van der Waals surface area contributed by atoms with Crippen molar-refractivity contribution >= 4 is 19.1 Å². The van der Waals surface area contributed by atoms with Gasteiger partial charge in [-0.3, -0.25) is 4.98 Å². The summed E-state index contributed by atoms with van der Waals surface area (Å²) in [7, 11) is -4.16. The molecule has 1 aromatic heterocycles. The van der Waals surface area contributed by atoms with Crippen LogP contribution in [0.5, 0.6) is 0 Å². The van der Waals surface area contributed by atoms with Crippen LogP contribution >= 0.6 is 8.17 Å². The molecule has 0 aliphatic rings. The molecule has 0 aliphatic heterocycles. The molecule has 2 aromatic carbocycles. The van der Waals surface area contributed by atoms with E-state index in [0.29, 0.717) is 13.1 Å². The van der Waals surface area contributed by atoms with E-state index in [1.165, 1.54) is 42.2 Å². The zero-order valence-corrected chi connectivity index (χ0v) is 18.7. The van der Waals surface area contributed by atoms with Crippen molar-refractivity contribution in [1.82, 2.24) is 10.3 Å². The van der Waals surface area contributed by atoms with Crippen LogP contribution < -0.4 is 5.32 Å². The molecule has 0 aliphatic carbocycles. The number of nitrogens with one attached hydrogen (secondary N) is 1. The van der Waals surface area contributed by atoms with Gasteiger partial charge >= 0.3 is 8.17 Å². The average molecular weight is 444 g/mol. The first kappa shape index (κ1) is 23.7. The fourth-order valence-corrected chi connectivity index (χ4v) is 4.09. The summed E-state index contributed by atoms with van der Waals surface area (Å²) in [6, 6.07) is 19.1. The number of aromatic nitrogens is 1. The highest BCUT2D eigenvalue weighted by molar-refractivity contribution is 7.53. The van der Waals surface area contributed by atoms with Crippen molar-refractivity contribution < 1.29 is 19.2 Å². The Kier molecular flexibility index (Phi) is 9.34. The van der Waals surface area contributed by atoms with Crippen LogP contribution in [0, 0.1) is 0 Å². The quantitative estimate of drug-likeness (QED) is 0.232. The van der Waals surface area contributed by atoms with Gasteiger partial charge in [0.05, 0.1) is 5.52 Å². The number of pyridine rings is 1. The van der Waals surface area contributed by atoms with Crippen molar-refractivity contribution in [2.24, 2.45) is 0 Å². The molecule has 0 amide bonds.